The molecule has 1 saturated carbocycles. The predicted octanol–water partition coefficient (Wildman–Crippen LogP) is 2.29. The van der Waals surface area contributed by atoms with Gasteiger partial charge in [-0.2, -0.15) is 5.10 Å². The van der Waals surface area contributed by atoms with Crippen molar-refractivity contribution in [1.82, 2.24) is 15.1 Å². The highest BCUT2D eigenvalue weighted by Gasteiger charge is 2.49. The van der Waals surface area contributed by atoms with Crippen LogP contribution in [0, 0.1) is 12.8 Å². The van der Waals surface area contributed by atoms with Gasteiger partial charge in [-0.15, -0.1) is 0 Å². The Morgan fingerprint density at radius 2 is 2.38 bits per heavy atom. The second kappa shape index (κ2) is 7.07. The average molecular weight is 293 g/mol. The van der Waals surface area contributed by atoms with Gasteiger partial charge >= 0.3 is 5.97 Å². The quantitative estimate of drug-likeness (QED) is 0.784. The Hall–Kier alpha value is -1.36. The molecule has 1 fully saturated rings. The van der Waals surface area contributed by atoms with Gasteiger partial charge in [-0.1, -0.05) is 13.3 Å². The molecular weight excluding hydrogens is 266 g/mol. The van der Waals surface area contributed by atoms with Crippen LogP contribution in [0.15, 0.2) is 12.3 Å². The molecule has 1 N–H and O–H groups in total. The molecule has 2 unspecified atom stereocenters. The van der Waals surface area contributed by atoms with Crippen LogP contribution < -0.4 is 5.32 Å². The summed E-state index contributed by atoms with van der Waals surface area (Å²) < 4.78 is 7.36. The summed E-state index contributed by atoms with van der Waals surface area (Å²) in [6, 6.07) is 2.01. The summed E-state index contributed by atoms with van der Waals surface area (Å²) in [5.74, 6) is 0.242. The number of nitrogens with one attached hydrogen (secondary N) is 1. The lowest BCUT2D eigenvalue weighted by Crippen LogP contribution is -2.55. The summed E-state index contributed by atoms with van der Waals surface area (Å²) >= 11 is 0. The molecular formula is C16H27N3O2. The van der Waals surface area contributed by atoms with Gasteiger partial charge in [0.1, 0.15) is 5.54 Å². The average Bonchev–Trinajstić information content (AvgIpc) is 3.04. The van der Waals surface area contributed by atoms with Crippen LogP contribution in [0.1, 0.15) is 45.2 Å². The second-order valence-electron chi connectivity index (χ2n) is 5.80. The fourth-order valence-electron chi connectivity index (χ4n) is 3.53. The molecule has 1 aliphatic rings. The van der Waals surface area contributed by atoms with Crippen molar-refractivity contribution in [1.29, 1.82) is 0 Å². The van der Waals surface area contributed by atoms with Crippen LogP contribution in [0.2, 0.25) is 0 Å². The van der Waals surface area contributed by atoms with E-state index in [1.807, 2.05) is 30.8 Å². The number of ether oxygens (including phenoxy) is 1. The molecule has 2 atom stereocenters. The molecule has 0 aromatic carbocycles. The Kier molecular flexibility index (Phi) is 5.39. The summed E-state index contributed by atoms with van der Waals surface area (Å²) in [5.41, 5.74) is 0.671. The van der Waals surface area contributed by atoms with Gasteiger partial charge in [-0.25, -0.2) is 0 Å². The number of nitrogens with zero attached hydrogens (tertiary/aromatic N) is 2. The molecule has 1 aromatic heterocycles. The van der Waals surface area contributed by atoms with E-state index in [4.69, 9.17) is 4.74 Å². The second-order valence-corrected chi connectivity index (χ2v) is 5.80. The van der Waals surface area contributed by atoms with E-state index in [0.717, 1.165) is 44.5 Å². The zero-order valence-corrected chi connectivity index (χ0v) is 13.4. The van der Waals surface area contributed by atoms with Crippen molar-refractivity contribution in [3.05, 3.63) is 18.0 Å². The van der Waals surface area contributed by atoms with Crippen molar-refractivity contribution < 1.29 is 9.53 Å². The van der Waals surface area contributed by atoms with E-state index in [9.17, 15) is 4.79 Å². The molecule has 21 heavy (non-hydrogen) atoms. The van der Waals surface area contributed by atoms with Gasteiger partial charge in [-0.3, -0.25) is 9.48 Å². The van der Waals surface area contributed by atoms with E-state index in [0.29, 0.717) is 12.5 Å². The van der Waals surface area contributed by atoms with Gasteiger partial charge in [0.25, 0.3) is 0 Å². The molecule has 118 valence electrons. The summed E-state index contributed by atoms with van der Waals surface area (Å²) in [6.45, 7) is 8.07. The van der Waals surface area contributed by atoms with Gasteiger partial charge in [0, 0.05) is 18.4 Å². The molecule has 0 aliphatic heterocycles. The smallest absolute Gasteiger partial charge is 0.326 e. The van der Waals surface area contributed by atoms with Gasteiger partial charge in [0.05, 0.1) is 6.61 Å². The Morgan fingerprint density at radius 1 is 1.57 bits per heavy atom. The first-order valence-corrected chi connectivity index (χ1v) is 8.04. The van der Waals surface area contributed by atoms with E-state index in [1.54, 1.807) is 0 Å². The first-order valence-electron chi connectivity index (χ1n) is 8.04. The Labute approximate surface area is 127 Å². The van der Waals surface area contributed by atoms with Crippen LogP contribution in [-0.4, -0.2) is 34.4 Å². The maximum atomic E-state index is 12.5. The Bertz CT molecular complexity index is 472. The number of rotatable bonds is 7. The SMILES string of the molecule is CCNC1(C(=O)OCC)CCCC1CCn1nccc1C. The number of carbonyl (C=O) groups is 1. The predicted molar refractivity (Wildman–Crippen MR) is 82.0 cm³/mol. The molecule has 1 aromatic rings. The molecule has 1 heterocycles. The number of likely N-dealkylation sites (N-methyl/N-ethyl adjacent to an activating group) is 1. The molecule has 0 spiro atoms. The number of carbonyl (C=O) groups excluding carboxylic acids is 1. The van der Waals surface area contributed by atoms with Crippen LogP contribution in [0.4, 0.5) is 0 Å². The van der Waals surface area contributed by atoms with Crippen molar-refractivity contribution in [2.75, 3.05) is 13.2 Å². The number of hydrogen-bond acceptors (Lipinski definition) is 4. The van der Waals surface area contributed by atoms with Crippen molar-refractivity contribution in [2.45, 2.75) is 58.5 Å². The minimum absolute atomic E-state index is 0.0773. The van der Waals surface area contributed by atoms with Crippen LogP contribution >= 0.6 is 0 Å². The van der Waals surface area contributed by atoms with Crippen LogP contribution in [-0.2, 0) is 16.1 Å². The van der Waals surface area contributed by atoms with Gasteiger partial charge < -0.3 is 10.1 Å². The van der Waals surface area contributed by atoms with Gasteiger partial charge in [-0.05, 0) is 51.6 Å². The molecule has 0 radical (unpaired) electrons. The van der Waals surface area contributed by atoms with E-state index >= 15 is 0 Å². The normalized spacial score (nSPS) is 25.2. The molecule has 1 aliphatic carbocycles. The maximum absolute atomic E-state index is 12.5. The molecule has 5 nitrogen and oxygen atoms in total. The third kappa shape index (κ3) is 3.28. The van der Waals surface area contributed by atoms with E-state index in [-0.39, 0.29) is 5.97 Å². The lowest BCUT2D eigenvalue weighted by molar-refractivity contribution is -0.153. The minimum Gasteiger partial charge on any atom is -0.465 e. The van der Waals surface area contributed by atoms with E-state index < -0.39 is 5.54 Å². The number of hydrogen-bond donors (Lipinski definition) is 1. The fraction of sp³-hybridized carbons (Fsp3) is 0.750. The van der Waals surface area contributed by atoms with E-state index in [2.05, 4.69) is 17.3 Å². The van der Waals surface area contributed by atoms with Crippen molar-refractivity contribution in [2.24, 2.45) is 5.92 Å². The highest BCUT2D eigenvalue weighted by Crippen LogP contribution is 2.39. The van der Waals surface area contributed by atoms with Gasteiger partial charge in [0.15, 0.2) is 0 Å². The molecule has 2 rings (SSSR count). The lowest BCUT2D eigenvalue weighted by atomic mass is 9.84. The van der Waals surface area contributed by atoms with E-state index in [1.165, 1.54) is 0 Å². The third-order valence-electron chi connectivity index (χ3n) is 4.57. The van der Waals surface area contributed by atoms with Gasteiger partial charge in [0.2, 0.25) is 0 Å². The maximum Gasteiger partial charge on any atom is 0.326 e. The minimum atomic E-state index is -0.494. The monoisotopic (exact) mass is 293 g/mol. The first kappa shape index (κ1) is 16.0. The third-order valence-corrected chi connectivity index (χ3v) is 4.57. The zero-order valence-electron chi connectivity index (χ0n) is 13.4. The zero-order chi connectivity index (χ0) is 15.3. The Balaban J connectivity index is 2.08. The summed E-state index contributed by atoms with van der Waals surface area (Å²) in [7, 11) is 0. The molecule has 0 saturated heterocycles. The van der Waals surface area contributed by atoms with Crippen molar-refractivity contribution >= 4 is 5.97 Å². The number of aromatic nitrogens is 2. The van der Waals surface area contributed by atoms with Crippen molar-refractivity contribution in [3.8, 4) is 0 Å². The Morgan fingerprint density at radius 3 is 3.00 bits per heavy atom. The molecule has 0 amide bonds. The topological polar surface area (TPSA) is 56.1 Å². The standard InChI is InChI=1S/C16H27N3O2/c1-4-17-16(15(20)21-5-2)10-6-7-14(16)9-12-19-13(3)8-11-18-19/h8,11,14,17H,4-7,9-10,12H2,1-3H3. The largest absolute Gasteiger partial charge is 0.465 e. The molecule has 0 bridgehead atoms. The van der Waals surface area contributed by atoms with Crippen LogP contribution in [0.25, 0.3) is 0 Å². The van der Waals surface area contributed by atoms with Crippen molar-refractivity contribution in [3.63, 3.8) is 0 Å². The summed E-state index contributed by atoms with van der Waals surface area (Å²) in [5, 5.41) is 7.76. The summed E-state index contributed by atoms with van der Waals surface area (Å²) in [4.78, 5) is 12.5. The highest BCUT2D eigenvalue weighted by atomic mass is 16.5. The summed E-state index contributed by atoms with van der Waals surface area (Å²) in [6.07, 6.45) is 5.81. The lowest BCUT2D eigenvalue weighted by Gasteiger charge is -2.34. The number of esters is 1. The highest BCUT2D eigenvalue weighted by molar-refractivity contribution is 5.81. The molecule has 5 heteroatoms. The van der Waals surface area contributed by atoms with Crippen LogP contribution in [0.3, 0.4) is 0 Å². The fourth-order valence-corrected chi connectivity index (χ4v) is 3.53. The first-order chi connectivity index (χ1) is 10.1. The van der Waals surface area contributed by atoms with Crippen LogP contribution in [0.5, 0.6) is 0 Å². The number of aryl methyl sites for hydroxylation is 2.